The Morgan fingerprint density at radius 1 is 1.38 bits per heavy atom. The number of aliphatic hydroxyl groups is 4. The van der Waals surface area contributed by atoms with Crippen molar-refractivity contribution in [2.75, 3.05) is 13.7 Å². The van der Waals surface area contributed by atoms with Gasteiger partial charge in [0.2, 0.25) is 5.91 Å². The largest absolute Gasteiger partial charge is 0.477 e. The van der Waals surface area contributed by atoms with E-state index in [1.165, 1.54) is 0 Å². The first kappa shape index (κ1) is 20.7. The highest BCUT2D eigenvalue weighted by Gasteiger charge is 2.55. The molecule has 1 aliphatic rings. The van der Waals surface area contributed by atoms with E-state index in [9.17, 15) is 30.0 Å². The normalized spacial score (nSPS) is 33.1. The number of hydrogen-bond donors (Lipinski definition) is 6. The molecule has 0 radical (unpaired) electrons. The number of methoxy groups -OCH3 is 1. The summed E-state index contributed by atoms with van der Waals surface area (Å²) in [6, 6.07) is -1.20. The molecule has 0 bridgehead atoms. The highest BCUT2D eigenvalue weighted by Crippen LogP contribution is 2.33. The number of carbonyl (C=O) groups excluding carboxylic acids is 1. The van der Waals surface area contributed by atoms with E-state index in [1.807, 2.05) is 0 Å². The molecule has 1 heterocycles. The molecule has 1 amide bonds. The molecule has 0 aliphatic carbocycles. The molecule has 0 aromatic carbocycles. The summed E-state index contributed by atoms with van der Waals surface area (Å²) in [5.41, 5.74) is 0. The SMILES string of the molecule is CO[C@]1(C(=O)O)C[C@H](O)[C@@H](NC(=O)C(C)C)[C@H]([C@H](O)[C@H](O)CO)O1. The predicted octanol–water partition coefficient (Wildman–Crippen LogP) is -2.58. The van der Waals surface area contributed by atoms with E-state index < -0.39 is 67.1 Å². The number of hydrogen-bond acceptors (Lipinski definition) is 8. The first-order valence-electron chi connectivity index (χ1n) is 7.51. The summed E-state index contributed by atoms with van der Waals surface area (Å²) >= 11 is 0. The van der Waals surface area contributed by atoms with Crippen LogP contribution in [-0.2, 0) is 19.1 Å². The summed E-state index contributed by atoms with van der Waals surface area (Å²) in [7, 11) is 1.06. The Bertz CT molecular complexity index is 458. The molecule has 0 saturated carbocycles. The van der Waals surface area contributed by atoms with Gasteiger partial charge < -0.3 is 40.3 Å². The van der Waals surface area contributed by atoms with Crippen molar-refractivity contribution in [1.29, 1.82) is 0 Å². The van der Waals surface area contributed by atoms with E-state index >= 15 is 0 Å². The Kier molecular flexibility index (Phi) is 7.08. The number of aliphatic carboxylic acids is 1. The van der Waals surface area contributed by atoms with Gasteiger partial charge in [-0.1, -0.05) is 13.8 Å². The van der Waals surface area contributed by atoms with Gasteiger partial charge in [-0.25, -0.2) is 4.79 Å². The topological polar surface area (TPSA) is 166 Å². The lowest BCUT2D eigenvalue weighted by molar-refractivity contribution is -0.303. The summed E-state index contributed by atoms with van der Waals surface area (Å²) in [5.74, 6) is -4.68. The molecule has 6 N–H and O–H groups in total. The molecule has 0 unspecified atom stereocenters. The third-order valence-corrected chi connectivity index (χ3v) is 3.98. The molecule has 0 aromatic rings. The summed E-state index contributed by atoms with van der Waals surface area (Å²) < 4.78 is 10.2. The second-order valence-corrected chi connectivity index (χ2v) is 6.05. The number of carbonyl (C=O) groups is 2. The lowest BCUT2D eigenvalue weighted by Crippen LogP contribution is -2.68. The zero-order valence-electron chi connectivity index (χ0n) is 13.7. The first-order chi connectivity index (χ1) is 11.1. The highest BCUT2D eigenvalue weighted by atomic mass is 16.7. The Balaban J connectivity index is 3.16. The van der Waals surface area contributed by atoms with Crippen LogP contribution in [0.3, 0.4) is 0 Å². The molecule has 10 nitrogen and oxygen atoms in total. The van der Waals surface area contributed by atoms with Crippen LogP contribution < -0.4 is 5.32 Å². The van der Waals surface area contributed by atoms with Crippen LogP contribution in [0.15, 0.2) is 0 Å². The van der Waals surface area contributed by atoms with Gasteiger partial charge in [0, 0.05) is 19.4 Å². The van der Waals surface area contributed by atoms with Gasteiger partial charge in [0.05, 0.1) is 18.8 Å². The third-order valence-electron chi connectivity index (χ3n) is 3.98. The van der Waals surface area contributed by atoms with Gasteiger partial charge in [0.15, 0.2) is 0 Å². The third kappa shape index (κ3) is 4.21. The molecule has 140 valence electrons. The highest BCUT2D eigenvalue weighted by molar-refractivity contribution is 5.79. The van der Waals surface area contributed by atoms with Crippen molar-refractivity contribution in [3.05, 3.63) is 0 Å². The van der Waals surface area contributed by atoms with Gasteiger partial charge in [0.25, 0.3) is 5.79 Å². The fourth-order valence-corrected chi connectivity index (χ4v) is 2.44. The molecule has 6 atom stereocenters. The molecule has 1 rings (SSSR count). The molecule has 1 saturated heterocycles. The smallest absolute Gasteiger partial charge is 0.364 e. The Hall–Kier alpha value is -1.30. The van der Waals surface area contributed by atoms with Crippen LogP contribution in [0.25, 0.3) is 0 Å². The maximum absolute atomic E-state index is 11.9. The summed E-state index contributed by atoms with van der Waals surface area (Å²) in [6.45, 7) is 2.39. The van der Waals surface area contributed by atoms with Crippen LogP contribution in [0, 0.1) is 5.92 Å². The second-order valence-electron chi connectivity index (χ2n) is 6.05. The molecule has 0 aromatic heterocycles. The minimum absolute atomic E-state index is 0.439. The summed E-state index contributed by atoms with van der Waals surface area (Å²) in [6.07, 6.45) is -6.88. The van der Waals surface area contributed by atoms with E-state index in [0.29, 0.717) is 0 Å². The minimum atomic E-state index is -2.25. The number of nitrogens with one attached hydrogen (secondary N) is 1. The van der Waals surface area contributed by atoms with Crippen LogP contribution in [0.4, 0.5) is 0 Å². The van der Waals surface area contributed by atoms with Crippen molar-refractivity contribution in [2.24, 2.45) is 5.92 Å². The van der Waals surface area contributed by atoms with Crippen molar-refractivity contribution in [3.63, 3.8) is 0 Å². The first-order valence-corrected chi connectivity index (χ1v) is 7.51. The van der Waals surface area contributed by atoms with Crippen molar-refractivity contribution in [1.82, 2.24) is 5.32 Å². The number of amides is 1. The molecule has 10 heteroatoms. The van der Waals surface area contributed by atoms with E-state index in [4.69, 9.17) is 14.6 Å². The number of ether oxygens (including phenoxy) is 2. The van der Waals surface area contributed by atoms with Crippen molar-refractivity contribution < 1.29 is 44.6 Å². The van der Waals surface area contributed by atoms with Crippen molar-refractivity contribution in [3.8, 4) is 0 Å². The molecule has 1 aliphatic heterocycles. The monoisotopic (exact) mass is 351 g/mol. The van der Waals surface area contributed by atoms with E-state index in [0.717, 1.165) is 7.11 Å². The Labute approximate surface area is 139 Å². The maximum Gasteiger partial charge on any atom is 0.364 e. The van der Waals surface area contributed by atoms with Gasteiger partial charge >= 0.3 is 5.97 Å². The van der Waals surface area contributed by atoms with Crippen LogP contribution >= 0.6 is 0 Å². The zero-order valence-corrected chi connectivity index (χ0v) is 13.7. The molecule has 1 fully saturated rings. The average molecular weight is 351 g/mol. The molecular weight excluding hydrogens is 326 g/mol. The quantitative estimate of drug-likeness (QED) is 0.289. The van der Waals surface area contributed by atoms with Gasteiger partial charge in [-0.3, -0.25) is 4.79 Å². The standard InChI is InChI=1S/C14H25NO9/c1-6(2)12(20)15-9-7(17)4-14(23-3,13(21)22)24-11(9)10(19)8(18)5-16/h6-11,16-19H,4-5H2,1-3H3,(H,15,20)(H,21,22)/t7-,8+,9+,10+,11+,14+/m0/s1. The van der Waals surface area contributed by atoms with Crippen molar-refractivity contribution in [2.45, 2.75) is 56.5 Å². The number of carboxylic acid groups (broad SMARTS) is 1. The van der Waals surface area contributed by atoms with Gasteiger partial charge in [-0.15, -0.1) is 0 Å². The lowest BCUT2D eigenvalue weighted by Gasteiger charge is -2.46. The number of carboxylic acids is 1. The van der Waals surface area contributed by atoms with Gasteiger partial charge in [-0.05, 0) is 0 Å². The number of aliphatic hydroxyl groups excluding tert-OH is 4. The summed E-state index contributed by atoms with van der Waals surface area (Å²) in [5, 5.41) is 50.9. The minimum Gasteiger partial charge on any atom is -0.477 e. The molecular formula is C14H25NO9. The predicted molar refractivity (Wildman–Crippen MR) is 78.7 cm³/mol. The fraction of sp³-hybridized carbons (Fsp3) is 0.857. The maximum atomic E-state index is 11.9. The van der Waals surface area contributed by atoms with Crippen molar-refractivity contribution >= 4 is 11.9 Å². The zero-order chi connectivity index (χ0) is 18.7. The Morgan fingerprint density at radius 2 is 1.96 bits per heavy atom. The molecule has 24 heavy (non-hydrogen) atoms. The van der Waals surface area contributed by atoms with Crippen LogP contribution in [0.2, 0.25) is 0 Å². The van der Waals surface area contributed by atoms with Gasteiger partial charge in [-0.2, -0.15) is 0 Å². The number of rotatable bonds is 7. The van der Waals surface area contributed by atoms with E-state index in [2.05, 4.69) is 5.32 Å². The summed E-state index contributed by atoms with van der Waals surface area (Å²) in [4.78, 5) is 23.4. The fourth-order valence-electron chi connectivity index (χ4n) is 2.44. The average Bonchev–Trinajstić information content (AvgIpc) is 2.54. The lowest BCUT2D eigenvalue weighted by atomic mass is 9.88. The van der Waals surface area contributed by atoms with Gasteiger partial charge in [0.1, 0.15) is 18.3 Å². The second kappa shape index (κ2) is 8.19. The molecule has 0 spiro atoms. The van der Waals surface area contributed by atoms with Crippen LogP contribution in [0.1, 0.15) is 20.3 Å². The van der Waals surface area contributed by atoms with Crippen LogP contribution in [0.5, 0.6) is 0 Å². The van der Waals surface area contributed by atoms with E-state index in [1.54, 1.807) is 13.8 Å². The van der Waals surface area contributed by atoms with Crippen LogP contribution in [-0.4, -0.2) is 87.4 Å². The Morgan fingerprint density at radius 3 is 2.38 bits per heavy atom. The van der Waals surface area contributed by atoms with E-state index in [-0.39, 0.29) is 0 Å².